The van der Waals surface area contributed by atoms with Crippen LogP contribution >= 0.6 is 0 Å². The molecule has 0 spiro atoms. The highest BCUT2D eigenvalue weighted by Gasteiger charge is 2.54. The average Bonchev–Trinajstić information content (AvgIpc) is 3.99. The van der Waals surface area contributed by atoms with Crippen molar-refractivity contribution >= 4 is 42.7 Å². The van der Waals surface area contributed by atoms with Crippen LogP contribution in [0.5, 0.6) is 11.5 Å². The minimum absolute atomic E-state index is 0.0857. The summed E-state index contributed by atoms with van der Waals surface area (Å²) in [6.45, 7) is 15.1. The summed E-state index contributed by atoms with van der Waals surface area (Å²) in [6, 6.07) is 26.0. The number of aromatic nitrogens is 4. The van der Waals surface area contributed by atoms with E-state index < -0.39 is 62.1 Å². The molecule has 3 aromatic carbocycles. The van der Waals surface area contributed by atoms with Gasteiger partial charge in [0.2, 0.25) is 0 Å². The van der Waals surface area contributed by atoms with Crippen LogP contribution in [0.4, 0.5) is 5.82 Å². The molecule has 6 rings (SSSR count). The third kappa shape index (κ3) is 16.9. The third-order valence-electron chi connectivity index (χ3n) is 12.9. The summed E-state index contributed by atoms with van der Waals surface area (Å²) < 4.78 is 69.9. The van der Waals surface area contributed by atoms with Crippen molar-refractivity contribution < 1.29 is 55.3 Å². The van der Waals surface area contributed by atoms with Gasteiger partial charge >= 0.3 is 9.05 Å². The van der Waals surface area contributed by atoms with Crippen LogP contribution in [0.25, 0.3) is 11.2 Å². The highest BCUT2D eigenvalue weighted by Crippen LogP contribution is 2.43. The molecule has 75 heavy (non-hydrogen) atoms. The van der Waals surface area contributed by atoms with E-state index in [0.717, 1.165) is 36.0 Å². The van der Waals surface area contributed by atoms with Gasteiger partial charge < -0.3 is 60.7 Å². The largest absolute Gasteiger partial charge is 0.658 e. The highest BCUT2D eigenvalue weighted by atomic mass is 28.5. The molecule has 0 radical (unpaired) electrons. The maximum atomic E-state index is 12.3. The van der Waals surface area contributed by atoms with Crippen LogP contribution in [-0.2, 0) is 46.3 Å². The number of nitrogens with zero attached hydrogens (tertiary/aromatic N) is 4. The molecule has 0 bridgehead atoms. The van der Waals surface area contributed by atoms with Crippen molar-refractivity contribution in [1.82, 2.24) is 19.5 Å². The number of rotatable bonds is 35. The number of ether oxygens (including phenoxy) is 7. The second-order valence-electron chi connectivity index (χ2n) is 20.9. The van der Waals surface area contributed by atoms with Crippen molar-refractivity contribution in [2.24, 2.45) is 0 Å². The summed E-state index contributed by atoms with van der Waals surface area (Å²) in [7, 11) is -2.11. The van der Waals surface area contributed by atoms with E-state index in [1.807, 2.05) is 66.7 Å². The molecule has 0 saturated carbocycles. The first kappa shape index (κ1) is 60.1. The predicted molar refractivity (Wildman–Crippen MR) is 298 cm³/mol. The van der Waals surface area contributed by atoms with Crippen molar-refractivity contribution in [2.45, 2.75) is 153 Å². The minimum atomic E-state index is -3.82. The number of unbranched alkanes of at least 4 members (excludes halogenated alkanes) is 10. The van der Waals surface area contributed by atoms with Gasteiger partial charge in [-0.15, -0.1) is 0 Å². The van der Waals surface area contributed by atoms with Gasteiger partial charge in [0.1, 0.15) is 55.1 Å². The molecule has 4 atom stereocenters. The number of nitrogens with one attached hydrogen (secondary N) is 1. The van der Waals surface area contributed by atoms with E-state index in [-0.39, 0.29) is 20.0 Å². The number of imidazole rings is 1. The number of anilines is 1. The topological polar surface area (TPSA) is 177 Å². The molecule has 414 valence electrons. The number of hydrogen-bond acceptors (Lipinski definition) is 16. The fraction of sp³-hybridized carbons (Fsp3) is 0.582. The van der Waals surface area contributed by atoms with Crippen LogP contribution in [0.3, 0.4) is 0 Å². The Kier molecular flexibility index (Phi) is 23.2. The Hall–Kier alpha value is -4.14. The maximum absolute atomic E-state index is 12.3. The molecule has 5 aromatic rings. The monoisotopic (exact) mass is 1090 g/mol. The average molecular weight is 1090 g/mol. The van der Waals surface area contributed by atoms with E-state index in [1.54, 1.807) is 25.1 Å². The third-order valence-corrected chi connectivity index (χ3v) is 20.9. The summed E-state index contributed by atoms with van der Waals surface area (Å²) in [5.74, 6) is 1.87. The SMILES string of the molecule is CCCCCCCCCCCCCO[Si](OC[C@H]1O[C@@H](n2cnc3c(NC(c4ccccc4)(c4ccc(OC)cc4)c4ccc(OC)cc4)ncnc32)[C@H](OCOCC(OC)OC)[C@@H]1O)(O[Si](C)(C)C)O[Si](C)(C)C. The molecule has 2 N–H and O–H groups in total. The lowest BCUT2D eigenvalue weighted by Gasteiger charge is -2.38. The molecule has 1 fully saturated rings. The second-order valence-corrected chi connectivity index (χ2v) is 32.6. The van der Waals surface area contributed by atoms with E-state index in [2.05, 4.69) is 63.7 Å². The molecule has 1 aliphatic rings. The normalized spacial score (nSPS) is 17.6. The molecule has 1 aliphatic heterocycles. The smallest absolute Gasteiger partial charge is 0.497 e. The van der Waals surface area contributed by atoms with Gasteiger partial charge in [-0.1, -0.05) is 126 Å². The van der Waals surface area contributed by atoms with E-state index in [1.165, 1.54) is 71.9 Å². The summed E-state index contributed by atoms with van der Waals surface area (Å²) in [4.78, 5) is 14.5. The molecular weight excluding hydrogens is 1010 g/mol. The Morgan fingerprint density at radius 1 is 0.680 bits per heavy atom. The number of aliphatic hydroxyl groups excluding tert-OH is 1. The first-order chi connectivity index (χ1) is 36.1. The summed E-state index contributed by atoms with van der Waals surface area (Å²) in [5, 5.41) is 16.1. The van der Waals surface area contributed by atoms with Gasteiger partial charge in [-0.05, 0) is 86.7 Å². The van der Waals surface area contributed by atoms with Crippen LogP contribution < -0.4 is 14.8 Å². The Bertz CT molecular complexity index is 2340. The molecule has 0 aliphatic carbocycles. The Labute approximate surface area is 449 Å². The zero-order chi connectivity index (χ0) is 53.9. The zero-order valence-electron chi connectivity index (χ0n) is 46.4. The molecular formula is C55H85N5O12Si3. The Morgan fingerprint density at radius 3 is 1.76 bits per heavy atom. The fourth-order valence-corrected chi connectivity index (χ4v) is 17.6. The van der Waals surface area contributed by atoms with Crippen LogP contribution in [0, 0.1) is 0 Å². The number of hydrogen-bond donors (Lipinski definition) is 2. The summed E-state index contributed by atoms with van der Waals surface area (Å²) in [5.41, 5.74) is 2.62. The van der Waals surface area contributed by atoms with Gasteiger partial charge in [-0.2, -0.15) is 0 Å². The number of fused-ring (bicyclic) bond motifs is 1. The lowest BCUT2D eigenvalue weighted by molar-refractivity contribution is -0.187. The molecule has 20 heteroatoms. The minimum Gasteiger partial charge on any atom is -0.497 e. The van der Waals surface area contributed by atoms with Crippen molar-refractivity contribution in [3.63, 3.8) is 0 Å². The standard InChI is InChI=1S/C55H85N5O12Si3/c1-12-13-14-15-16-17-18-19-20-21-25-36-68-75(71-73(6,7)8,72-74(9,10)11)69-37-47-50(61)51(67-41-66-38-48(64-4)65-5)54(70-47)60-40-58-49-52(56-39-57-53(49)60)59-55(42-26-23-22-24-27-42,43-28-32-45(62-2)33-29-43)44-30-34-46(63-3)35-31-44/h22-24,26-35,39-40,47-48,50-51,54,61H,12-21,25,36-38,41H2,1-11H3,(H,56,57,59)/t47-,50-,51-,54-/m1/s1. The van der Waals surface area contributed by atoms with Gasteiger partial charge in [0.05, 0.1) is 27.2 Å². The molecule has 2 aromatic heterocycles. The van der Waals surface area contributed by atoms with Crippen molar-refractivity contribution in [2.75, 3.05) is 60.4 Å². The molecule has 0 amide bonds. The van der Waals surface area contributed by atoms with Gasteiger partial charge in [-0.25, -0.2) is 15.0 Å². The van der Waals surface area contributed by atoms with Crippen molar-refractivity contribution in [3.8, 4) is 11.5 Å². The lowest BCUT2D eigenvalue weighted by Crippen LogP contribution is -2.60. The van der Waals surface area contributed by atoms with Crippen LogP contribution in [0.15, 0.2) is 91.5 Å². The van der Waals surface area contributed by atoms with Crippen LogP contribution in [0.2, 0.25) is 39.3 Å². The number of methoxy groups -OCH3 is 4. The van der Waals surface area contributed by atoms with Crippen molar-refractivity contribution in [3.05, 3.63) is 108 Å². The van der Waals surface area contributed by atoms with Gasteiger partial charge in [0.25, 0.3) is 0 Å². The first-order valence-electron chi connectivity index (χ1n) is 26.7. The number of aliphatic hydroxyl groups is 1. The summed E-state index contributed by atoms with van der Waals surface area (Å²) in [6.07, 6.45) is 11.8. The predicted octanol–water partition coefficient (Wildman–Crippen LogP) is 11.0. The first-order valence-corrected chi connectivity index (χ1v) is 35.1. The molecule has 1 saturated heterocycles. The maximum Gasteiger partial charge on any atom is 0.658 e. The van der Waals surface area contributed by atoms with E-state index in [0.29, 0.717) is 35.1 Å². The second kappa shape index (κ2) is 29.0. The highest BCUT2D eigenvalue weighted by molar-refractivity contribution is 6.83. The number of benzene rings is 3. The van der Waals surface area contributed by atoms with Gasteiger partial charge in [-0.3, -0.25) is 4.57 Å². The van der Waals surface area contributed by atoms with Crippen molar-refractivity contribution in [1.29, 1.82) is 0 Å². The van der Waals surface area contributed by atoms with Gasteiger partial charge in [0, 0.05) is 20.8 Å². The van der Waals surface area contributed by atoms with Crippen LogP contribution in [0.1, 0.15) is 100 Å². The Balaban J connectivity index is 1.30. The Morgan fingerprint density at radius 2 is 1.23 bits per heavy atom. The lowest BCUT2D eigenvalue weighted by atomic mass is 9.77. The fourth-order valence-electron chi connectivity index (χ4n) is 9.24. The summed E-state index contributed by atoms with van der Waals surface area (Å²) >= 11 is 0. The van der Waals surface area contributed by atoms with E-state index in [9.17, 15) is 5.11 Å². The van der Waals surface area contributed by atoms with E-state index >= 15 is 0 Å². The van der Waals surface area contributed by atoms with E-state index in [4.69, 9.17) is 65.2 Å². The quantitative estimate of drug-likeness (QED) is 0.0169. The zero-order valence-corrected chi connectivity index (χ0v) is 49.4. The molecule has 0 unspecified atom stereocenters. The van der Waals surface area contributed by atoms with Crippen LogP contribution in [-0.4, -0.2) is 130 Å². The molecule has 3 heterocycles. The molecule has 17 nitrogen and oxygen atoms in total. The van der Waals surface area contributed by atoms with Gasteiger partial charge in [0.15, 0.2) is 46.1 Å².